The van der Waals surface area contributed by atoms with E-state index >= 15 is 0 Å². The van der Waals surface area contributed by atoms with Crippen LogP contribution < -0.4 is 16.2 Å². The molecule has 4 N–H and O–H groups in total. The van der Waals surface area contributed by atoms with Crippen LogP contribution in [-0.4, -0.2) is 27.0 Å². The van der Waals surface area contributed by atoms with Crippen LogP contribution in [0.5, 0.6) is 5.75 Å². The van der Waals surface area contributed by atoms with Gasteiger partial charge >= 0.3 is 0 Å². The second kappa shape index (κ2) is 6.73. The molecule has 0 saturated heterocycles. The number of hydrogen-bond acceptors (Lipinski definition) is 6. The molecule has 31 heavy (non-hydrogen) atoms. The maximum absolute atomic E-state index is 12.0. The summed E-state index contributed by atoms with van der Waals surface area (Å²) in [5.41, 5.74) is 16.6. The molecule has 8 heteroatoms. The number of ether oxygens (including phenoxy) is 1. The molecule has 4 aromatic rings. The van der Waals surface area contributed by atoms with Crippen LogP contribution in [0.3, 0.4) is 0 Å². The Bertz CT molecular complexity index is 1330. The topological polar surface area (TPSA) is 122 Å². The number of carbonyl (C=O) groups excluding carboxylic acids is 1. The highest BCUT2D eigenvalue weighted by Gasteiger charge is 2.35. The van der Waals surface area contributed by atoms with E-state index in [1.165, 1.54) is 0 Å². The number of nitrogens with two attached hydrogens (primary N) is 2. The van der Waals surface area contributed by atoms with Crippen LogP contribution in [0.1, 0.15) is 24.8 Å². The van der Waals surface area contributed by atoms with Gasteiger partial charge in [-0.2, -0.15) is 4.98 Å². The van der Waals surface area contributed by atoms with Crippen molar-refractivity contribution in [3.8, 4) is 17.1 Å². The molecule has 6 rings (SSSR count). The van der Waals surface area contributed by atoms with Crippen molar-refractivity contribution in [1.82, 2.24) is 14.5 Å². The zero-order valence-electron chi connectivity index (χ0n) is 17.0. The lowest BCUT2D eigenvalue weighted by Crippen LogP contribution is -2.26. The van der Waals surface area contributed by atoms with Crippen LogP contribution in [0.25, 0.3) is 33.5 Å². The Labute approximate surface area is 178 Å². The standard InChI is InChI=1S/C23H23N5O3/c24-21(29)15(13-2-3-13)8-12-9-17-20-19(10-12)30-7-1-6-28(20)22(26-17)14-4-5-18-16(11-14)27-23(25)31-18/h4-5,9-11,13,15H,1-3,6-8H2,(H2,24,29)(H2,25,27)/t15-/m0/s1. The molecule has 1 aliphatic carbocycles. The van der Waals surface area contributed by atoms with Gasteiger partial charge in [0.25, 0.3) is 6.01 Å². The second-order valence-corrected chi connectivity index (χ2v) is 8.54. The highest BCUT2D eigenvalue weighted by molar-refractivity contribution is 5.89. The number of aryl methyl sites for hydroxylation is 1. The number of hydrogen-bond donors (Lipinski definition) is 2. The Morgan fingerprint density at radius 3 is 2.87 bits per heavy atom. The molecule has 0 spiro atoms. The molecule has 8 nitrogen and oxygen atoms in total. The fourth-order valence-electron chi connectivity index (χ4n) is 4.69. The van der Waals surface area contributed by atoms with Gasteiger partial charge in [0, 0.05) is 18.0 Å². The molecule has 0 radical (unpaired) electrons. The van der Waals surface area contributed by atoms with Gasteiger partial charge in [-0.3, -0.25) is 4.79 Å². The van der Waals surface area contributed by atoms with E-state index in [1.54, 1.807) is 0 Å². The van der Waals surface area contributed by atoms with Crippen molar-refractivity contribution in [2.75, 3.05) is 12.3 Å². The lowest BCUT2D eigenvalue weighted by atomic mass is 9.94. The smallest absolute Gasteiger partial charge is 0.292 e. The van der Waals surface area contributed by atoms with Gasteiger partial charge < -0.3 is 25.2 Å². The van der Waals surface area contributed by atoms with Crippen molar-refractivity contribution in [3.05, 3.63) is 35.9 Å². The Morgan fingerprint density at radius 1 is 1.19 bits per heavy atom. The van der Waals surface area contributed by atoms with Gasteiger partial charge in [-0.25, -0.2) is 4.98 Å². The minimum Gasteiger partial charge on any atom is -0.491 e. The second-order valence-electron chi connectivity index (χ2n) is 8.54. The van der Waals surface area contributed by atoms with Crippen LogP contribution in [-0.2, 0) is 17.8 Å². The van der Waals surface area contributed by atoms with Gasteiger partial charge in [0.15, 0.2) is 5.58 Å². The molecule has 3 heterocycles. The summed E-state index contributed by atoms with van der Waals surface area (Å²) in [6.45, 7) is 1.45. The lowest BCUT2D eigenvalue weighted by molar-refractivity contribution is -0.122. The number of primary amides is 1. The van der Waals surface area contributed by atoms with Crippen molar-refractivity contribution in [3.63, 3.8) is 0 Å². The Hall–Kier alpha value is -3.55. The lowest BCUT2D eigenvalue weighted by Gasteiger charge is -2.13. The molecule has 0 unspecified atom stereocenters. The Balaban J connectivity index is 1.48. The Morgan fingerprint density at radius 2 is 2.06 bits per heavy atom. The maximum Gasteiger partial charge on any atom is 0.292 e. The number of anilines is 1. The van der Waals surface area contributed by atoms with Crippen molar-refractivity contribution in [1.29, 1.82) is 0 Å². The van der Waals surface area contributed by atoms with Gasteiger partial charge in [0.2, 0.25) is 5.91 Å². The normalized spacial score (nSPS) is 16.9. The number of imidazole rings is 1. The minimum absolute atomic E-state index is 0.128. The van der Waals surface area contributed by atoms with E-state index in [0.29, 0.717) is 30.0 Å². The summed E-state index contributed by atoms with van der Waals surface area (Å²) in [6.07, 6.45) is 3.66. The zero-order valence-corrected chi connectivity index (χ0v) is 17.0. The van der Waals surface area contributed by atoms with Gasteiger partial charge in [-0.1, -0.05) is 0 Å². The summed E-state index contributed by atoms with van der Waals surface area (Å²) < 4.78 is 13.7. The van der Waals surface area contributed by atoms with Crippen molar-refractivity contribution < 1.29 is 13.9 Å². The highest BCUT2D eigenvalue weighted by Crippen LogP contribution is 2.40. The van der Waals surface area contributed by atoms with Gasteiger partial charge in [-0.15, -0.1) is 0 Å². The number of amides is 1. The number of nitrogens with zero attached hydrogens (tertiary/aromatic N) is 3. The third-order valence-corrected chi connectivity index (χ3v) is 6.32. The summed E-state index contributed by atoms with van der Waals surface area (Å²) in [5.74, 6) is 1.73. The molecule has 2 aromatic heterocycles. The summed E-state index contributed by atoms with van der Waals surface area (Å²) in [7, 11) is 0. The summed E-state index contributed by atoms with van der Waals surface area (Å²) in [6, 6.07) is 10.1. The average Bonchev–Trinajstić information content (AvgIpc) is 3.45. The first-order valence-electron chi connectivity index (χ1n) is 10.7. The van der Waals surface area contributed by atoms with Gasteiger partial charge in [0.1, 0.15) is 22.6 Å². The largest absolute Gasteiger partial charge is 0.491 e. The zero-order chi connectivity index (χ0) is 21.1. The van der Waals surface area contributed by atoms with Crippen LogP contribution >= 0.6 is 0 Å². The van der Waals surface area contributed by atoms with E-state index < -0.39 is 0 Å². The first-order chi connectivity index (χ1) is 15.1. The number of aromatic nitrogens is 3. The SMILES string of the molecule is NC(=O)[C@@H](Cc1cc2c3c(c1)nc(-c1ccc4oc(N)nc4c1)n3CCCO2)C1CC1. The molecule has 1 fully saturated rings. The number of fused-ring (bicyclic) bond motifs is 1. The fraction of sp³-hybridized carbons (Fsp3) is 0.348. The fourth-order valence-corrected chi connectivity index (χ4v) is 4.69. The summed E-state index contributed by atoms with van der Waals surface area (Å²) in [4.78, 5) is 21.2. The Kier molecular flexibility index (Phi) is 3.96. The predicted octanol–water partition coefficient (Wildman–Crippen LogP) is 3.26. The molecular weight excluding hydrogens is 394 g/mol. The van der Waals surface area contributed by atoms with Gasteiger partial charge in [0.05, 0.1) is 12.1 Å². The monoisotopic (exact) mass is 417 g/mol. The molecule has 2 aliphatic rings. The van der Waals surface area contributed by atoms with E-state index in [1.807, 2.05) is 18.2 Å². The molecular formula is C23H23N5O3. The van der Waals surface area contributed by atoms with Crippen molar-refractivity contribution in [2.24, 2.45) is 17.6 Å². The molecule has 158 valence electrons. The van der Waals surface area contributed by atoms with Crippen molar-refractivity contribution in [2.45, 2.75) is 32.2 Å². The van der Waals surface area contributed by atoms with Crippen LogP contribution in [0.4, 0.5) is 6.01 Å². The molecule has 0 bridgehead atoms. The molecule has 1 atom stereocenters. The number of carbonyl (C=O) groups is 1. The van der Waals surface area contributed by atoms with E-state index in [-0.39, 0.29) is 17.8 Å². The average molecular weight is 417 g/mol. The van der Waals surface area contributed by atoms with Crippen LogP contribution in [0.15, 0.2) is 34.7 Å². The van der Waals surface area contributed by atoms with E-state index in [9.17, 15) is 4.79 Å². The van der Waals surface area contributed by atoms with Crippen LogP contribution in [0, 0.1) is 11.8 Å². The number of nitrogen functional groups attached to an aromatic ring is 1. The van der Waals surface area contributed by atoms with Gasteiger partial charge in [-0.05, 0) is 67.5 Å². The summed E-state index contributed by atoms with van der Waals surface area (Å²) in [5, 5.41) is 0. The van der Waals surface area contributed by atoms with E-state index in [0.717, 1.165) is 59.5 Å². The summed E-state index contributed by atoms with van der Waals surface area (Å²) >= 11 is 0. The predicted molar refractivity (Wildman–Crippen MR) is 116 cm³/mol. The number of rotatable bonds is 5. The molecule has 1 saturated carbocycles. The molecule has 1 aliphatic heterocycles. The minimum atomic E-state index is -0.221. The third-order valence-electron chi connectivity index (χ3n) is 6.32. The number of benzene rings is 2. The first kappa shape index (κ1) is 18.2. The van der Waals surface area contributed by atoms with E-state index in [2.05, 4.69) is 21.7 Å². The maximum atomic E-state index is 12.0. The first-order valence-corrected chi connectivity index (χ1v) is 10.7. The number of oxazole rings is 1. The molecule has 1 amide bonds. The van der Waals surface area contributed by atoms with E-state index in [4.69, 9.17) is 25.6 Å². The quantitative estimate of drug-likeness (QED) is 0.514. The van der Waals surface area contributed by atoms with Crippen molar-refractivity contribution >= 4 is 34.1 Å². The molecule has 2 aromatic carbocycles. The third kappa shape index (κ3) is 3.10. The van der Waals surface area contributed by atoms with Crippen LogP contribution in [0.2, 0.25) is 0 Å². The highest BCUT2D eigenvalue weighted by atomic mass is 16.5.